The molecule has 1 saturated carbocycles. The van der Waals surface area contributed by atoms with E-state index in [1.54, 1.807) is 7.11 Å². The SMILES string of the molecule is CCNC(=NCC(O)c1ccc(OC)cc1)NC1CC1C.I. The average Bonchev–Trinajstić information content (AvgIpc) is 3.20. The van der Waals surface area contributed by atoms with E-state index in [1.807, 2.05) is 31.2 Å². The van der Waals surface area contributed by atoms with Crippen LogP contribution in [0, 0.1) is 5.92 Å². The lowest BCUT2D eigenvalue weighted by molar-refractivity contribution is 0.187. The van der Waals surface area contributed by atoms with Crippen molar-refractivity contribution in [1.29, 1.82) is 0 Å². The maximum Gasteiger partial charge on any atom is 0.191 e. The van der Waals surface area contributed by atoms with Gasteiger partial charge in [-0.1, -0.05) is 19.1 Å². The Hall–Kier alpha value is -1.02. The zero-order valence-electron chi connectivity index (χ0n) is 13.4. The Morgan fingerprint density at radius 3 is 2.55 bits per heavy atom. The zero-order valence-corrected chi connectivity index (χ0v) is 15.7. The molecule has 1 aromatic carbocycles. The monoisotopic (exact) mass is 419 g/mol. The lowest BCUT2D eigenvalue weighted by Gasteiger charge is -2.13. The van der Waals surface area contributed by atoms with E-state index in [4.69, 9.17) is 4.74 Å². The molecule has 3 N–H and O–H groups in total. The van der Waals surface area contributed by atoms with Crippen LogP contribution in [0.1, 0.15) is 31.9 Å². The fourth-order valence-electron chi connectivity index (χ4n) is 2.13. The number of aliphatic hydroxyl groups excluding tert-OH is 1. The van der Waals surface area contributed by atoms with Gasteiger partial charge in [0, 0.05) is 12.6 Å². The summed E-state index contributed by atoms with van der Waals surface area (Å²) in [5.74, 6) is 2.27. The Morgan fingerprint density at radius 2 is 2.05 bits per heavy atom. The van der Waals surface area contributed by atoms with Crippen molar-refractivity contribution in [2.75, 3.05) is 20.2 Å². The van der Waals surface area contributed by atoms with Crippen molar-refractivity contribution < 1.29 is 9.84 Å². The van der Waals surface area contributed by atoms with Crippen LogP contribution < -0.4 is 15.4 Å². The molecule has 0 bridgehead atoms. The molecule has 1 aliphatic carbocycles. The van der Waals surface area contributed by atoms with Gasteiger partial charge >= 0.3 is 0 Å². The van der Waals surface area contributed by atoms with E-state index in [9.17, 15) is 5.11 Å². The second-order valence-electron chi connectivity index (χ2n) is 5.47. The predicted molar refractivity (Wildman–Crippen MR) is 100 cm³/mol. The van der Waals surface area contributed by atoms with Gasteiger partial charge in [-0.15, -0.1) is 24.0 Å². The minimum Gasteiger partial charge on any atom is -0.497 e. The molecule has 1 fully saturated rings. The highest BCUT2D eigenvalue weighted by molar-refractivity contribution is 14.0. The number of ether oxygens (including phenoxy) is 1. The van der Waals surface area contributed by atoms with Crippen LogP contribution in [0.2, 0.25) is 0 Å². The summed E-state index contributed by atoms with van der Waals surface area (Å²) >= 11 is 0. The van der Waals surface area contributed by atoms with Crippen LogP contribution in [0.3, 0.4) is 0 Å². The van der Waals surface area contributed by atoms with Gasteiger partial charge in [0.1, 0.15) is 5.75 Å². The molecule has 22 heavy (non-hydrogen) atoms. The van der Waals surface area contributed by atoms with Crippen molar-refractivity contribution in [2.24, 2.45) is 10.9 Å². The lowest BCUT2D eigenvalue weighted by atomic mass is 10.1. The van der Waals surface area contributed by atoms with Gasteiger partial charge in [-0.25, -0.2) is 0 Å². The van der Waals surface area contributed by atoms with Crippen LogP contribution in [0.5, 0.6) is 5.75 Å². The molecule has 0 amide bonds. The molecule has 0 spiro atoms. The molecule has 124 valence electrons. The van der Waals surface area contributed by atoms with Crippen LogP contribution >= 0.6 is 24.0 Å². The Kier molecular flexibility index (Phi) is 7.95. The maximum absolute atomic E-state index is 10.2. The summed E-state index contributed by atoms with van der Waals surface area (Å²) in [6.45, 7) is 5.40. The van der Waals surface area contributed by atoms with Crippen LogP contribution in [0.15, 0.2) is 29.3 Å². The van der Waals surface area contributed by atoms with Gasteiger partial charge in [-0.3, -0.25) is 4.99 Å². The topological polar surface area (TPSA) is 65.9 Å². The van der Waals surface area contributed by atoms with E-state index < -0.39 is 6.10 Å². The maximum atomic E-state index is 10.2. The van der Waals surface area contributed by atoms with Gasteiger partial charge in [0.15, 0.2) is 5.96 Å². The molecule has 6 heteroatoms. The number of aliphatic hydroxyl groups is 1. The van der Waals surface area contributed by atoms with E-state index in [0.29, 0.717) is 18.5 Å². The zero-order chi connectivity index (χ0) is 15.2. The highest BCUT2D eigenvalue weighted by atomic mass is 127. The highest BCUT2D eigenvalue weighted by Gasteiger charge is 2.33. The van der Waals surface area contributed by atoms with Gasteiger partial charge in [-0.05, 0) is 37.0 Å². The molecule has 3 unspecified atom stereocenters. The Labute approximate surface area is 149 Å². The first-order valence-corrected chi connectivity index (χ1v) is 7.51. The van der Waals surface area contributed by atoms with Crippen LogP contribution in [-0.2, 0) is 0 Å². The van der Waals surface area contributed by atoms with Crippen molar-refractivity contribution >= 4 is 29.9 Å². The second kappa shape index (κ2) is 9.19. The van der Waals surface area contributed by atoms with Crippen molar-refractivity contribution in [2.45, 2.75) is 32.4 Å². The third kappa shape index (κ3) is 5.64. The van der Waals surface area contributed by atoms with Gasteiger partial charge in [0.05, 0.1) is 19.8 Å². The quantitative estimate of drug-likeness (QED) is 0.376. The number of nitrogens with zero attached hydrogens (tertiary/aromatic N) is 1. The van der Waals surface area contributed by atoms with E-state index in [2.05, 4.69) is 22.5 Å². The van der Waals surface area contributed by atoms with E-state index in [1.165, 1.54) is 6.42 Å². The molecule has 2 rings (SSSR count). The molecule has 0 aliphatic heterocycles. The van der Waals surface area contributed by atoms with Gasteiger partial charge in [-0.2, -0.15) is 0 Å². The minimum atomic E-state index is -0.608. The third-order valence-corrected chi connectivity index (χ3v) is 3.70. The summed E-state index contributed by atoms with van der Waals surface area (Å²) in [5.41, 5.74) is 0.843. The van der Waals surface area contributed by atoms with Crippen molar-refractivity contribution in [3.63, 3.8) is 0 Å². The highest BCUT2D eigenvalue weighted by Crippen LogP contribution is 2.28. The number of benzene rings is 1. The molecule has 1 aromatic rings. The van der Waals surface area contributed by atoms with Crippen molar-refractivity contribution in [3.05, 3.63) is 29.8 Å². The van der Waals surface area contributed by atoms with Crippen molar-refractivity contribution in [1.82, 2.24) is 10.6 Å². The van der Waals surface area contributed by atoms with Crippen LogP contribution in [0.25, 0.3) is 0 Å². The number of halogens is 1. The molecule has 3 atom stereocenters. The number of methoxy groups -OCH3 is 1. The molecule has 0 heterocycles. The summed E-state index contributed by atoms with van der Waals surface area (Å²) in [6, 6.07) is 7.93. The van der Waals surface area contributed by atoms with Gasteiger partial charge < -0.3 is 20.5 Å². The number of hydrogen-bond donors (Lipinski definition) is 3. The standard InChI is InChI=1S/C16H25N3O2.HI/c1-4-17-16(19-14-9-11(14)2)18-10-15(20)12-5-7-13(21-3)8-6-12;/h5-8,11,14-15,20H,4,9-10H2,1-3H3,(H2,17,18,19);1H. The predicted octanol–water partition coefficient (Wildman–Crippen LogP) is 2.31. The summed E-state index contributed by atoms with van der Waals surface area (Å²) in [4.78, 5) is 4.46. The smallest absolute Gasteiger partial charge is 0.191 e. The minimum absolute atomic E-state index is 0. The fraction of sp³-hybridized carbons (Fsp3) is 0.562. The molecule has 0 radical (unpaired) electrons. The number of hydrogen-bond acceptors (Lipinski definition) is 3. The molecule has 1 aliphatic rings. The average molecular weight is 419 g/mol. The van der Waals surface area contributed by atoms with E-state index in [-0.39, 0.29) is 24.0 Å². The van der Waals surface area contributed by atoms with E-state index in [0.717, 1.165) is 23.8 Å². The second-order valence-corrected chi connectivity index (χ2v) is 5.47. The summed E-state index contributed by atoms with van der Waals surface area (Å²) in [6.07, 6.45) is 0.578. The first-order chi connectivity index (χ1) is 10.1. The lowest BCUT2D eigenvalue weighted by Crippen LogP contribution is -2.39. The molecule has 5 nitrogen and oxygen atoms in total. The van der Waals surface area contributed by atoms with E-state index >= 15 is 0 Å². The normalized spacial score (nSPS) is 21.5. The largest absolute Gasteiger partial charge is 0.497 e. The molecule has 0 saturated heterocycles. The number of guanidine groups is 1. The Balaban J connectivity index is 0.00000242. The number of aliphatic imine (C=N–C) groups is 1. The summed E-state index contributed by atoms with van der Waals surface area (Å²) in [7, 11) is 1.63. The van der Waals surface area contributed by atoms with Gasteiger partial charge in [0.2, 0.25) is 0 Å². The van der Waals surface area contributed by atoms with Crippen LogP contribution in [-0.4, -0.2) is 37.3 Å². The number of nitrogens with one attached hydrogen (secondary N) is 2. The fourth-order valence-corrected chi connectivity index (χ4v) is 2.13. The number of rotatable bonds is 6. The van der Waals surface area contributed by atoms with Crippen LogP contribution in [0.4, 0.5) is 0 Å². The first kappa shape index (κ1) is 19.0. The van der Waals surface area contributed by atoms with Crippen molar-refractivity contribution in [3.8, 4) is 5.75 Å². The third-order valence-electron chi connectivity index (χ3n) is 3.70. The molecular formula is C16H26IN3O2. The van der Waals surface area contributed by atoms with Gasteiger partial charge in [0.25, 0.3) is 0 Å². The summed E-state index contributed by atoms with van der Waals surface area (Å²) in [5, 5.41) is 16.8. The summed E-state index contributed by atoms with van der Waals surface area (Å²) < 4.78 is 5.11. The Morgan fingerprint density at radius 1 is 1.41 bits per heavy atom. The molecule has 0 aromatic heterocycles. The first-order valence-electron chi connectivity index (χ1n) is 7.51. The Bertz CT molecular complexity index is 479. The molecular weight excluding hydrogens is 393 g/mol.